The van der Waals surface area contributed by atoms with E-state index in [1.54, 1.807) is 0 Å². The molecule has 2 atom stereocenters. The molecular weight excluding hydrogens is 206 g/mol. The lowest BCUT2D eigenvalue weighted by molar-refractivity contribution is 0.0162. The highest BCUT2D eigenvalue weighted by molar-refractivity contribution is 7.74. The lowest BCUT2D eigenvalue weighted by Gasteiger charge is -2.32. The number of nitrogens with zero attached hydrogens (tertiary/aromatic N) is 1. The van der Waals surface area contributed by atoms with Crippen LogP contribution in [0.1, 0.15) is 13.3 Å². The topological polar surface area (TPSA) is 61.8 Å². The first-order chi connectivity index (χ1) is 6.70. The molecule has 5 nitrogen and oxygen atoms in total. The fourth-order valence-corrected chi connectivity index (χ4v) is 1.72. The van der Waals surface area contributed by atoms with E-state index in [1.807, 2.05) is 0 Å². The van der Waals surface area contributed by atoms with Crippen LogP contribution in [0.3, 0.4) is 0 Å². The molecule has 2 unspecified atom stereocenters. The van der Waals surface area contributed by atoms with Crippen molar-refractivity contribution in [2.75, 3.05) is 32.9 Å². The van der Waals surface area contributed by atoms with Gasteiger partial charge in [-0.05, 0) is 13.3 Å². The third-order valence-corrected chi connectivity index (χ3v) is 2.74. The van der Waals surface area contributed by atoms with E-state index in [2.05, 4.69) is 16.0 Å². The summed E-state index contributed by atoms with van der Waals surface area (Å²) in [4.78, 5) is 2.28. The Morgan fingerprint density at radius 1 is 1.57 bits per heavy atom. The van der Waals surface area contributed by atoms with Crippen LogP contribution < -0.4 is 0 Å². The Bertz CT molecular complexity index is 184. The van der Waals surface area contributed by atoms with Crippen LogP contribution in [0, 0.1) is 0 Å². The second-order valence-corrected chi connectivity index (χ2v) is 3.96. The fraction of sp³-hybridized carbons (Fsp3) is 1.00. The van der Waals surface area contributed by atoms with Crippen LogP contribution >= 0.6 is 0 Å². The lowest BCUT2D eigenvalue weighted by atomic mass is 10.2. The van der Waals surface area contributed by atoms with Gasteiger partial charge in [-0.15, -0.1) is 0 Å². The van der Waals surface area contributed by atoms with E-state index < -0.39 is 11.4 Å². The molecule has 1 aliphatic rings. The second-order valence-electron chi connectivity index (χ2n) is 3.31. The minimum Gasteiger partial charge on any atom is -0.750 e. The zero-order chi connectivity index (χ0) is 10.4. The Balaban J connectivity index is 2.13. The fourth-order valence-electron chi connectivity index (χ4n) is 1.49. The van der Waals surface area contributed by atoms with Gasteiger partial charge in [-0.1, -0.05) is 0 Å². The van der Waals surface area contributed by atoms with E-state index in [1.165, 1.54) is 0 Å². The van der Waals surface area contributed by atoms with E-state index in [0.29, 0.717) is 6.04 Å². The number of ether oxygens (including phenoxy) is 1. The van der Waals surface area contributed by atoms with Crippen molar-refractivity contribution in [1.82, 2.24) is 4.90 Å². The van der Waals surface area contributed by atoms with Gasteiger partial charge in [0.2, 0.25) is 0 Å². The summed E-state index contributed by atoms with van der Waals surface area (Å²) in [5.74, 6) is 0. The Hall–Kier alpha value is -0.0100. The van der Waals surface area contributed by atoms with E-state index >= 15 is 0 Å². The van der Waals surface area contributed by atoms with Gasteiger partial charge in [-0.25, -0.2) is 4.21 Å². The summed E-state index contributed by atoms with van der Waals surface area (Å²) in [6.45, 7) is 5.69. The molecule has 1 rings (SSSR count). The lowest BCUT2D eigenvalue weighted by Crippen LogP contribution is -2.42. The van der Waals surface area contributed by atoms with Gasteiger partial charge >= 0.3 is 0 Å². The van der Waals surface area contributed by atoms with Crippen LogP contribution in [0.5, 0.6) is 0 Å². The molecule has 1 heterocycles. The Kier molecular flexibility index (Phi) is 5.57. The molecule has 1 fully saturated rings. The van der Waals surface area contributed by atoms with Gasteiger partial charge in [0.25, 0.3) is 0 Å². The molecule has 1 aliphatic heterocycles. The maximum Gasteiger partial charge on any atom is 0.0842 e. The first-order valence-corrected chi connectivity index (χ1v) is 5.74. The van der Waals surface area contributed by atoms with Gasteiger partial charge < -0.3 is 13.5 Å². The van der Waals surface area contributed by atoms with Gasteiger partial charge in [-0.3, -0.25) is 4.90 Å². The molecular formula is C8H16NO4S-. The average molecular weight is 222 g/mol. The summed E-state index contributed by atoms with van der Waals surface area (Å²) in [6.07, 6.45) is 0.730. The molecule has 0 amide bonds. The summed E-state index contributed by atoms with van der Waals surface area (Å²) in [5, 5.41) is 0. The summed E-state index contributed by atoms with van der Waals surface area (Å²) in [7, 11) is 0. The molecule has 0 aliphatic carbocycles. The number of rotatable bonds is 5. The predicted octanol–water partition coefficient (Wildman–Crippen LogP) is -0.0921. The molecule has 6 heteroatoms. The van der Waals surface area contributed by atoms with Gasteiger partial charge in [0, 0.05) is 19.1 Å². The van der Waals surface area contributed by atoms with Gasteiger partial charge in [0.15, 0.2) is 0 Å². The summed E-state index contributed by atoms with van der Waals surface area (Å²) in [6, 6.07) is 0.349. The number of hydrogen-bond acceptors (Lipinski definition) is 5. The summed E-state index contributed by atoms with van der Waals surface area (Å²) >= 11 is -2.38. The Labute approximate surface area is 86.9 Å². The van der Waals surface area contributed by atoms with Crippen molar-refractivity contribution in [1.29, 1.82) is 0 Å². The first kappa shape index (κ1) is 12.1. The minimum atomic E-state index is -2.38. The predicted molar refractivity (Wildman–Crippen MR) is 51.3 cm³/mol. The Morgan fingerprint density at radius 3 is 2.79 bits per heavy atom. The molecule has 0 aromatic rings. The summed E-state index contributed by atoms with van der Waals surface area (Å²) in [5.41, 5.74) is 0. The van der Waals surface area contributed by atoms with Gasteiger partial charge in [-0.2, -0.15) is 0 Å². The molecule has 0 saturated carbocycles. The number of morpholine rings is 1. The van der Waals surface area contributed by atoms with Crippen molar-refractivity contribution < 1.29 is 17.7 Å². The largest absolute Gasteiger partial charge is 0.750 e. The molecule has 0 bridgehead atoms. The van der Waals surface area contributed by atoms with E-state index in [4.69, 9.17) is 4.74 Å². The average Bonchev–Trinajstić information content (AvgIpc) is 2.18. The van der Waals surface area contributed by atoms with E-state index in [-0.39, 0.29) is 6.61 Å². The molecule has 0 radical (unpaired) electrons. The zero-order valence-electron chi connectivity index (χ0n) is 8.31. The van der Waals surface area contributed by atoms with Crippen molar-refractivity contribution in [3.05, 3.63) is 0 Å². The highest BCUT2D eigenvalue weighted by Crippen LogP contribution is 2.07. The minimum absolute atomic E-state index is 0.259. The summed E-state index contributed by atoms with van der Waals surface area (Å²) < 4.78 is 29.9. The zero-order valence-corrected chi connectivity index (χ0v) is 9.12. The third-order valence-electron chi connectivity index (χ3n) is 2.38. The smallest absolute Gasteiger partial charge is 0.0842 e. The maximum absolute atomic E-state index is 10.1. The monoisotopic (exact) mass is 222 g/mol. The normalized spacial score (nSPS) is 23.3. The van der Waals surface area contributed by atoms with E-state index in [0.717, 1.165) is 32.7 Å². The highest BCUT2D eigenvalue weighted by Gasteiger charge is 2.16. The van der Waals surface area contributed by atoms with Crippen molar-refractivity contribution in [2.45, 2.75) is 19.4 Å². The molecule has 0 N–H and O–H groups in total. The van der Waals surface area contributed by atoms with Gasteiger partial charge in [0.05, 0.1) is 31.2 Å². The molecule has 14 heavy (non-hydrogen) atoms. The quantitative estimate of drug-likeness (QED) is 0.608. The van der Waals surface area contributed by atoms with Crippen molar-refractivity contribution in [3.63, 3.8) is 0 Å². The molecule has 84 valence electrons. The van der Waals surface area contributed by atoms with Gasteiger partial charge in [0.1, 0.15) is 0 Å². The number of hydrogen-bond donors (Lipinski definition) is 0. The van der Waals surface area contributed by atoms with Crippen molar-refractivity contribution >= 4 is 11.4 Å². The van der Waals surface area contributed by atoms with Crippen LogP contribution in [0.25, 0.3) is 0 Å². The molecule has 0 aromatic heterocycles. The van der Waals surface area contributed by atoms with E-state index in [9.17, 15) is 8.76 Å². The third kappa shape index (κ3) is 4.47. The van der Waals surface area contributed by atoms with Crippen LogP contribution in [0.2, 0.25) is 0 Å². The Morgan fingerprint density at radius 2 is 2.21 bits per heavy atom. The maximum atomic E-state index is 10.1. The van der Waals surface area contributed by atoms with Crippen LogP contribution in [-0.2, 0) is 20.3 Å². The van der Waals surface area contributed by atoms with Crippen LogP contribution in [0.4, 0.5) is 0 Å². The molecule has 0 spiro atoms. The van der Waals surface area contributed by atoms with Crippen molar-refractivity contribution in [3.8, 4) is 0 Å². The van der Waals surface area contributed by atoms with Crippen LogP contribution in [-0.4, -0.2) is 52.6 Å². The first-order valence-electron chi connectivity index (χ1n) is 4.74. The second kappa shape index (κ2) is 6.47. The molecule has 1 saturated heterocycles. The van der Waals surface area contributed by atoms with Crippen molar-refractivity contribution in [2.24, 2.45) is 0 Å². The SMILES string of the molecule is CC(CCOS(=O)[O-])N1CCOCC1. The molecule has 0 aromatic carbocycles. The van der Waals surface area contributed by atoms with Crippen LogP contribution in [0.15, 0.2) is 0 Å². The standard InChI is InChI=1S/C8H17NO4S/c1-8(2-5-13-14(10)11)9-3-6-12-7-4-9/h8H,2-7H2,1H3,(H,10,11)/p-1. The highest BCUT2D eigenvalue weighted by atomic mass is 32.2.